The summed E-state index contributed by atoms with van der Waals surface area (Å²) < 4.78 is 27.8. The minimum atomic E-state index is -3.88. The zero-order valence-electron chi connectivity index (χ0n) is 15.1. The van der Waals surface area contributed by atoms with Crippen LogP contribution in [0.3, 0.4) is 0 Å². The first kappa shape index (κ1) is 19.1. The lowest BCUT2D eigenvalue weighted by atomic mass is 10.1. The number of benzene rings is 2. The van der Waals surface area contributed by atoms with Crippen LogP contribution in [0.1, 0.15) is 53.3 Å². The molecule has 2 aromatic rings. The summed E-state index contributed by atoms with van der Waals surface area (Å²) in [5.41, 5.74) is 0.947. The van der Waals surface area contributed by atoms with E-state index in [9.17, 15) is 18.0 Å². The molecule has 1 aliphatic carbocycles. The lowest BCUT2D eigenvalue weighted by Crippen LogP contribution is -2.33. The zero-order chi connectivity index (χ0) is 19.4. The maximum absolute atomic E-state index is 12.7. The van der Waals surface area contributed by atoms with E-state index in [0.717, 1.165) is 25.7 Å². The maximum atomic E-state index is 12.7. The standard InChI is InChI=1S/C20H22N2O4S/c1-14(23)15-10-12-17(13-11-15)27(25,26)22-19-9-5-4-8-18(19)20(24)21-16-6-2-3-7-16/h4-5,8-13,16,22H,2-3,6-7H2,1H3,(H,21,24). The first-order valence-corrected chi connectivity index (χ1v) is 10.4. The van der Waals surface area contributed by atoms with Gasteiger partial charge in [-0.05, 0) is 44.0 Å². The van der Waals surface area contributed by atoms with Gasteiger partial charge in [0.05, 0.1) is 16.1 Å². The van der Waals surface area contributed by atoms with Crippen molar-refractivity contribution in [3.8, 4) is 0 Å². The molecule has 0 unspecified atom stereocenters. The normalized spacial score (nSPS) is 14.7. The lowest BCUT2D eigenvalue weighted by Gasteiger charge is -2.15. The SMILES string of the molecule is CC(=O)c1ccc(S(=O)(=O)Nc2ccccc2C(=O)NC2CCCC2)cc1. The Bertz CT molecular complexity index is 946. The average Bonchev–Trinajstić information content (AvgIpc) is 3.15. The van der Waals surface area contributed by atoms with E-state index in [0.29, 0.717) is 5.56 Å². The van der Waals surface area contributed by atoms with Gasteiger partial charge in [0.1, 0.15) is 0 Å². The highest BCUT2D eigenvalue weighted by Gasteiger charge is 2.22. The molecule has 142 valence electrons. The highest BCUT2D eigenvalue weighted by atomic mass is 32.2. The van der Waals surface area contributed by atoms with Crippen LogP contribution in [0.25, 0.3) is 0 Å². The van der Waals surface area contributed by atoms with Crippen LogP contribution in [0.4, 0.5) is 5.69 Å². The van der Waals surface area contributed by atoms with Crippen molar-refractivity contribution in [1.29, 1.82) is 0 Å². The van der Waals surface area contributed by atoms with Gasteiger partial charge in [0.2, 0.25) is 0 Å². The minimum absolute atomic E-state index is 0.0264. The van der Waals surface area contributed by atoms with E-state index in [4.69, 9.17) is 0 Å². The Morgan fingerprint density at radius 3 is 2.22 bits per heavy atom. The largest absolute Gasteiger partial charge is 0.349 e. The van der Waals surface area contributed by atoms with Gasteiger partial charge < -0.3 is 5.32 Å². The van der Waals surface area contributed by atoms with Crippen molar-refractivity contribution in [2.75, 3.05) is 4.72 Å². The minimum Gasteiger partial charge on any atom is -0.349 e. The number of nitrogens with one attached hydrogen (secondary N) is 2. The quantitative estimate of drug-likeness (QED) is 0.745. The number of carbonyl (C=O) groups excluding carboxylic acids is 2. The molecule has 0 heterocycles. The van der Waals surface area contributed by atoms with Gasteiger partial charge in [0, 0.05) is 11.6 Å². The predicted octanol–water partition coefficient (Wildman–Crippen LogP) is 3.36. The Kier molecular flexibility index (Phi) is 5.60. The molecule has 1 fully saturated rings. The van der Waals surface area contributed by atoms with E-state index in [2.05, 4.69) is 10.0 Å². The van der Waals surface area contributed by atoms with Crippen molar-refractivity contribution in [2.24, 2.45) is 0 Å². The molecule has 0 aromatic heterocycles. The highest BCUT2D eigenvalue weighted by Crippen LogP contribution is 2.23. The zero-order valence-corrected chi connectivity index (χ0v) is 15.9. The van der Waals surface area contributed by atoms with Crippen molar-refractivity contribution in [3.63, 3.8) is 0 Å². The summed E-state index contributed by atoms with van der Waals surface area (Å²) in [6.45, 7) is 1.42. The summed E-state index contributed by atoms with van der Waals surface area (Å²) in [6.07, 6.45) is 4.08. The molecule has 2 aromatic carbocycles. The Morgan fingerprint density at radius 2 is 1.59 bits per heavy atom. The Morgan fingerprint density at radius 1 is 0.963 bits per heavy atom. The van der Waals surface area contributed by atoms with Crippen molar-refractivity contribution in [3.05, 3.63) is 59.7 Å². The molecule has 0 saturated heterocycles. The van der Waals surface area contributed by atoms with Crippen LogP contribution in [-0.4, -0.2) is 26.2 Å². The molecule has 0 atom stereocenters. The van der Waals surface area contributed by atoms with Crippen LogP contribution in [0.15, 0.2) is 53.4 Å². The molecule has 0 spiro atoms. The van der Waals surface area contributed by atoms with Gasteiger partial charge in [-0.3, -0.25) is 14.3 Å². The van der Waals surface area contributed by atoms with E-state index in [1.54, 1.807) is 24.3 Å². The van der Waals surface area contributed by atoms with Crippen LogP contribution in [0.5, 0.6) is 0 Å². The fraction of sp³-hybridized carbons (Fsp3) is 0.300. The van der Waals surface area contributed by atoms with Gasteiger partial charge >= 0.3 is 0 Å². The predicted molar refractivity (Wildman–Crippen MR) is 103 cm³/mol. The molecule has 27 heavy (non-hydrogen) atoms. The van der Waals surface area contributed by atoms with Gasteiger partial charge in [-0.2, -0.15) is 0 Å². The summed E-state index contributed by atoms with van der Waals surface area (Å²) in [5.74, 6) is -0.423. The molecular formula is C20H22N2O4S. The van der Waals surface area contributed by atoms with Crippen molar-refractivity contribution >= 4 is 27.4 Å². The lowest BCUT2D eigenvalue weighted by molar-refractivity contribution is 0.0938. The van der Waals surface area contributed by atoms with E-state index >= 15 is 0 Å². The molecule has 0 radical (unpaired) electrons. The number of hydrogen-bond acceptors (Lipinski definition) is 4. The molecule has 7 heteroatoms. The third kappa shape index (κ3) is 4.54. The summed E-state index contributed by atoms with van der Waals surface area (Å²) in [6, 6.07) is 12.4. The number of para-hydroxylation sites is 1. The third-order valence-corrected chi connectivity index (χ3v) is 6.06. The Labute approximate surface area is 159 Å². The number of hydrogen-bond donors (Lipinski definition) is 2. The van der Waals surface area contributed by atoms with Crippen LogP contribution >= 0.6 is 0 Å². The third-order valence-electron chi connectivity index (χ3n) is 4.68. The number of carbonyl (C=O) groups is 2. The van der Waals surface area contributed by atoms with Gasteiger partial charge in [-0.25, -0.2) is 8.42 Å². The smallest absolute Gasteiger partial charge is 0.261 e. The van der Waals surface area contributed by atoms with Gasteiger partial charge in [-0.15, -0.1) is 0 Å². The van der Waals surface area contributed by atoms with Gasteiger partial charge in [-0.1, -0.05) is 37.1 Å². The average molecular weight is 386 g/mol. The number of rotatable bonds is 6. The Hall–Kier alpha value is -2.67. The summed E-state index contributed by atoms with van der Waals surface area (Å²) >= 11 is 0. The Balaban J connectivity index is 1.82. The maximum Gasteiger partial charge on any atom is 0.261 e. The number of Topliss-reactive ketones (excluding diaryl/α,β-unsaturated/α-hetero) is 1. The second-order valence-electron chi connectivity index (χ2n) is 6.69. The van der Waals surface area contributed by atoms with Crippen molar-refractivity contribution in [2.45, 2.75) is 43.5 Å². The molecular weight excluding hydrogens is 364 g/mol. The van der Waals surface area contributed by atoms with E-state index in [1.165, 1.54) is 31.2 Å². The second kappa shape index (κ2) is 7.92. The van der Waals surface area contributed by atoms with E-state index in [-0.39, 0.29) is 33.9 Å². The van der Waals surface area contributed by atoms with Crippen molar-refractivity contribution < 1.29 is 18.0 Å². The van der Waals surface area contributed by atoms with E-state index < -0.39 is 10.0 Å². The number of sulfonamides is 1. The summed E-state index contributed by atoms with van der Waals surface area (Å²) in [4.78, 5) is 24.0. The van der Waals surface area contributed by atoms with Gasteiger partial charge in [0.15, 0.2) is 5.78 Å². The van der Waals surface area contributed by atoms with Crippen LogP contribution < -0.4 is 10.0 Å². The van der Waals surface area contributed by atoms with Crippen molar-refractivity contribution in [1.82, 2.24) is 5.32 Å². The fourth-order valence-electron chi connectivity index (χ4n) is 3.18. The number of ketones is 1. The number of amides is 1. The first-order chi connectivity index (χ1) is 12.9. The molecule has 2 N–H and O–H groups in total. The topological polar surface area (TPSA) is 92.3 Å². The monoisotopic (exact) mass is 386 g/mol. The molecule has 0 aliphatic heterocycles. The molecule has 3 rings (SSSR count). The molecule has 6 nitrogen and oxygen atoms in total. The van der Waals surface area contributed by atoms with Crippen LogP contribution in [0.2, 0.25) is 0 Å². The first-order valence-electron chi connectivity index (χ1n) is 8.90. The van der Waals surface area contributed by atoms with E-state index in [1.807, 2.05) is 0 Å². The molecule has 1 amide bonds. The second-order valence-corrected chi connectivity index (χ2v) is 8.37. The number of anilines is 1. The molecule has 1 aliphatic rings. The summed E-state index contributed by atoms with van der Waals surface area (Å²) in [5, 5.41) is 2.97. The molecule has 1 saturated carbocycles. The highest BCUT2D eigenvalue weighted by molar-refractivity contribution is 7.92. The molecule has 0 bridgehead atoms. The summed E-state index contributed by atoms with van der Waals surface area (Å²) in [7, 11) is -3.88. The fourth-order valence-corrected chi connectivity index (χ4v) is 4.26. The van der Waals surface area contributed by atoms with Crippen LogP contribution in [-0.2, 0) is 10.0 Å². The van der Waals surface area contributed by atoms with Gasteiger partial charge in [0.25, 0.3) is 15.9 Å². The van der Waals surface area contributed by atoms with Crippen LogP contribution in [0, 0.1) is 0 Å².